The third-order valence-electron chi connectivity index (χ3n) is 4.79. The van der Waals surface area contributed by atoms with Crippen LogP contribution in [0.4, 0.5) is 10.1 Å². The van der Waals surface area contributed by atoms with Crippen LogP contribution in [0.2, 0.25) is 0 Å². The van der Waals surface area contributed by atoms with Gasteiger partial charge in [-0.05, 0) is 60.2 Å². The summed E-state index contributed by atoms with van der Waals surface area (Å²) in [4.78, 5) is 28.4. The minimum absolute atomic E-state index is 0.117. The molecule has 0 aromatic heterocycles. The average molecular weight is 383 g/mol. The highest BCUT2D eigenvalue weighted by atomic mass is 19.1. The van der Waals surface area contributed by atoms with Gasteiger partial charge in [-0.3, -0.25) is 9.69 Å². The molecule has 7 nitrogen and oxygen atoms in total. The molecule has 1 unspecified atom stereocenters. The Morgan fingerprint density at radius 1 is 1.07 bits per heavy atom. The normalized spacial score (nSPS) is 18.9. The lowest BCUT2D eigenvalue weighted by atomic mass is 10.2. The summed E-state index contributed by atoms with van der Waals surface area (Å²) in [5, 5.41) is 4.50. The van der Waals surface area contributed by atoms with Crippen LogP contribution >= 0.6 is 0 Å². The molecule has 1 saturated heterocycles. The summed E-state index contributed by atoms with van der Waals surface area (Å²) in [7, 11) is 0. The molecule has 144 valence electrons. The molecule has 2 amide bonds. The zero-order chi connectivity index (χ0) is 19.7. The zero-order valence-corrected chi connectivity index (χ0v) is 15.4. The summed E-state index contributed by atoms with van der Waals surface area (Å²) in [5.74, 6) is -0.831. The first-order chi connectivity index (χ1) is 13.6. The maximum absolute atomic E-state index is 13.1. The van der Waals surface area contributed by atoms with Crippen LogP contribution in [0.5, 0.6) is 5.75 Å². The van der Waals surface area contributed by atoms with Crippen LogP contribution in [0.15, 0.2) is 53.6 Å². The van der Waals surface area contributed by atoms with Gasteiger partial charge in [-0.15, -0.1) is 0 Å². The Morgan fingerprint density at radius 2 is 1.75 bits per heavy atom. The number of azo groups is 2. The van der Waals surface area contributed by atoms with E-state index >= 15 is 0 Å². The molecular weight excluding hydrogens is 363 g/mol. The number of carbonyl (C=O) groups is 2. The second kappa shape index (κ2) is 7.38. The van der Waals surface area contributed by atoms with E-state index in [1.165, 1.54) is 21.7 Å². The molecule has 0 N–H and O–H groups in total. The predicted octanol–water partition coefficient (Wildman–Crippen LogP) is 2.36. The first-order valence-corrected chi connectivity index (χ1v) is 9.14. The van der Waals surface area contributed by atoms with Crippen LogP contribution in [0.1, 0.15) is 12.5 Å². The predicted molar refractivity (Wildman–Crippen MR) is 98.3 cm³/mol. The smallest absolute Gasteiger partial charge is 0.494 e. The summed E-state index contributed by atoms with van der Waals surface area (Å²) in [6.45, 7) is 3.63. The van der Waals surface area contributed by atoms with Crippen LogP contribution in [-0.2, 0) is 16.1 Å². The molecule has 2 aromatic rings. The molecule has 0 aliphatic carbocycles. The molecule has 4 rings (SSSR count). The highest BCUT2D eigenvalue weighted by Crippen LogP contribution is 2.28. The van der Waals surface area contributed by atoms with E-state index < -0.39 is 18.1 Å². The molecule has 28 heavy (non-hydrogen) atoms. The van der Waals surface area contributed by atoms with Gasteiger partial charge in [0.15, 0.2) is 0 Å². The second-order valence-electron chi connectivity index (χ2n) is 6.57. The van der Waals surface area contributed by atoms with E-state index in [4.69, 9.17) is 4.74 Å². The Labute approximate surface area is 161 Å². The quantitative estimate of drug-likeness (QED) is 0.587. The van der Waals surface area contributed by atoms with Crippen molar-refractivity contribution in [2.45, 2.75) is 19.8 Å². The summed E-state index contributed by atoms with van der Waals surface area (Å²) in [6.07, 6.45) is -0.580. The topological polar surface area (TPSA) is 65.2 Å². The van der Waals surface area contributed by atoms with E-state index in [1.807, 2.05) is 36.1 Å². The van der Waals surface area contributed by atoms with Crippen LogP contribution in [0.25, 0.3) is 0 Å². The molecule has 2 aliphatic rings. The van der Waals surface area contributed by atoms with E-state index in [-0.39, 0.29) is 12.4 Å². The zero-order valence-electron chi connectivity index (χ0n) is 15.4. The van der Waals surface area contributed by atoms with E-state index in [0.717, 1.165) is 11.4 Å². The summed E-state index contributed by atoms with van der Waals surface area (Å²) in [5.41, 5.74) is 1.59. The van der Waals surface area contributed by atoms with Gasteiger partial charge in [0.05, 0.1) is 6.61 Å². The SMILES string of the molecule is CCOc1ccc(N2CCN3C(=O)C(=O)[N+](Cc4ccc(F)cc4)=NC32)cc1. The summed E-state index contributed by atoms with van der Waals surface area (Å²) in [6, 6.07) is 13.4. The molecule has 1 fully saturated rings. The van der Waals surface area contributed by atoms with Crippen molar-refractivity contribution in [3.8, 4) is 5.75 Å². The van der Waals surface area contributed by atoms with Crippen molar-refractivity contribution in [3.63, 3.8) is 0 Å². The van der Waals surface area contributed by atoms with Gasteiger partial charge in [-0.2, -0.15) is 0 Å². The fourth-order valence-corrected chi connectivity index (χ4v) is 3.39. The summed E-state index contributed by atoms with van der Waals surface area (Å²) < 4.78 is 19.8. The Kier molecular flexibility index (Phi) is 4.77. The van der Waals surface area contributed by atoms with Crippen molar-refractivity contribution in [3.05, 3.63) is 59.9 Å². The number of benzene rings is 2. The molecule has 2 heterocycles. The lowest BCUT2D eigenvalue weighted by Gasteiger charge is -2.27. The third-order valence-corrected chi connectivity index (χ3v) is 4.79. The fourth-order valence-electron chi connectivity index (χ4n) is 3.39. The standard InChI is InChI=1S/C20H20FN4O3/c1-2-28-17-9-7-16(8-10-17)23-11-12-24-18(26)19(27)25(22-20(23)24)13-14-3-5-15(21)6-4-14/h3-10,20H,2,11-13H2,1H3/q+1. The van der Waals surface area contributed by atoms with Gasteiger partial charge in [0.2, 0.25) is 6.54 Å². The highest BCUT2D eigenvalue weighted by Gasteiger charge is 2.49. The second-order valence-corrected chi connectivity index (χ2v) is 6.57. The number of anilines is 1. The van der Waals surface area contributed by atoms with Crippen LogP contribution < -0.4 is 9.64 Å². The van der Waals surface area contributed by atoms with Gasteiger partial charge >= 0.3 is 11.8 Å². The van der Waals surface area contributed by atoms with Gasteiger partial charge in [-0.1, -0.05) is 0 Å². The lowest BCUT2D eigenvalue weighted by molar-refractivity contribution is -0.534. The average Bonchev–Trinajstić information content (AvgIpc) is 3.12. The molecule has 1 atom stereocenters. The number of ether oxygens (including phenoxy) is 1. The van der Waals surface area contributed by atoms with E-state index in [2.05, 4.69) is 5.11 Å². The molecule has 0 saturated carbocycles. The first kappa shape index (κ1) is 18.1. The van der Waals surface area contributed by atoms with Crippen molar-refractivity contribution in [2.75, 3.05) is 24.6 Å². The number of rotatable bonds is 5. The third kappa shape index (κ3) is 3.33. The number of fused-ring (bicyclic) bond motifs is 1. The van der Waals surface area contributed by atoms with Crippen molar-refractivity contribution in [1.82, 2.24) is 4.90 Å². The Balaban J connectivity index is 1.61. The number of carbonyl (C=O) groups excluding carboxylic acids is 2. The van der Waals surface area contributed by atoms with Crippen LogP contribution in [-0.4, -0.2) is 47.4 Å². The van der Waals surface area contributed by atoms with Gasteiger partial charge in [0, 0.05) is 29.5 Å². The van der Waals surface area contributed by atoms with Gasteiger partial charge in [0.25, 0.3) is 6.29 Å². The molecule has 0 radical (unpaired) electrons. The molecule has 0 bridgehead atoms. The maximum atomic E-state index is 13.1. The van der Waals surface area contributed by atoms with Gasteiger partial charge in [0.1, 0.15) is 11.6 Å². The molecule has 2 aromatic carbocycles. The van der Waals surface area contributed by atoms with E-state index in [1.54, 1.807) is 12.1 Å². The Morgan fingerprint density at radius 3 is 2.43 bits per heavy atom. The monoisotopic (exact) mass is 383 g/mol. The Hall–Kier alpha value is -3.29. The minimum Gasteiger partial charge on any atom is -0.494 e. The first-order valence-electron chi connectivity index (χ1n) is 9.14. The molecule has 8 heteroatoms. The molecular formula is C20H20FN4O3+. The number of nitrogens with zero attached hydrogens (tertiary/aromatic N) is 4. The number of amides is 2. The highest BCUT2D eigenvalue weighted by molar-refractivity contribution is 6.31. The van der Waals surface area contributed by atoms with Crippen LogP contribution in [0.3, 0.4) is 0 Å². The van der Waals surface area contributed by atoms with Gasteiger partial charge < -0.3 is 9.64 Å². The van der Waals surface area contributed by atoms with Crippen molar-refractivity contribution in [2.24, 2.45) is 5.11 Å². The number of hydrogen-bond acceptors (Lipinski definition) is 5. The van der Waals surface area contributed by atoms with Gasteiger partial charge in [-0.25, -0.2) is 9.18 Å². The Bertz CT molecular complexity index is 927. The fraction of sp³-hybridized carbons (Fsp3) is 0.300. The summed E-state index contributed by atoms with van der Waals surface area (Å²) >= 11 is 0. The van der Waals surface area contributed by atoms with Crippen molar-refractivity contribution >= 4 is 17.5 Å². The van der Waals surface area contributed by atoms with E-state index in [0.29, 0.717) is 25.3 Å². The lowest BCUT2D eigenvalue weighted by Crippen LogP contribution is -2.51. The molecule has 0 spiro atoms. The number of hydrogen-bond donors (Lipinski definition) is 0. The number of halogens is 1. The molecule has 2 aliphatic heterocycles. The maximum Gasteiger partial charge on any atom is 0.502 e. The van der Waals surface area contributed by atoms with Crippen molar-refractivity contribution in [1.29, 1.82) is 0 Å². The largest absolute Gasteiger partial charge is 0.502 e. The minimum atomic E-state index is -0.672. The van der Waals surface area contributed by atoms with E-state index in [9.17, 15) is 14.0 Å². The van der Waals surface area contributed by atoms with Crippen molar-refractivity contribution < 1.29 is 23.4 Å². The van der Waals surface area contributed by atoms with Crippen LogP contribution in [0, 0.1) is 5.82 Å².